The molecule has 222 valence electrons. The Balaban J connectivity index is 1.18. The number of pyridine rings is 1. The SMILES string of the molecule is CSC/C=C/C(=O)N1CCCC(NC(=O)[C@@H]2Sc3nccc4c3C2NC(=O)N4c2ccc(Oc3ccccc3)cc2C)C1. The number of anilines is 2. The molecule has 11 heteroatoms. The standard InChI is InChI=1S/C32H33N5O4S2/c1-20-18-23(41-22-9-4-3-5-10-22)12-13-24(20)37-25-14-15-33-31-27(25)28(35-32(37)40)29(43-31)30(39)34-21-8-6-16-36(19-21)26(38)11-7-17-42-2/h3-5,7,9-15,18,21,28-29H,6,8,16-17,19H2,1-2H3,(H,34,39)(H,35,40)/b11-7+/t21?,28?,29-/m1/s1. The number of carbonyl (C=O) groups is 3. The van der Waals surface area contributed by atoms with Crippen molar-refractivity contribution in [1.82, 2.24) is 20.5 Å². The largest absolute Gasteiger partial charge is 0.457 e. The smallest absolute Gasteiger partial charge is 0.327 e. The average molecular weight is 616 g/mol. The van der Waals surface area contributed by atoms with Crippen LogP contribution in [0.1, 0.15) is 30.0 Å². The normalized spacial score (nSPS) is 21.0. The first-order valence-electron chi connectivity index (χ1n) is 14.3. The number of aromatic nitrogens is 1. The van der Waals surface area contributed by atoms with E-state index in [1.54, 1.807) is 33.8 Å². The van der Waals surface area contributed by atoms with Gasteiger partial charge < -0.3 is 20.3 Å². The van der Waals surface area contributed by atoms with E-state index < -0.39 is 11.3 Å². The molecule has 2 unspecified atom stereocenters. The number of ether oxygens (including phenoxy) is 1. The van der Waals surface area contributed by atoms with Crippen molar-refractivity contribution in [2.45, 2.75) is 42.1 Å². The number of piperidine rings is 1. The Kier molecular flexibility index (Phi) is 8.62. The van der Waals surface area contributed by atoms with Gasteiger partial charge in [0.2, 0.25) is 11.8 Å². The maximum absolute atomic E-state index is 13.6. The van der Waals surface area contributed by atoms with Crippen LogP contribution in [-0.2, 0) is 9.59 Å². The molecule has 0 bridgehead atoms. The van der Waals surface area contributed by atoms with Gasteiger partial charge in [-0.05, 0) is 74.1 Å². The van der Waals surface area contributed by atoms with Gasteiger partial charge in [-0.3, -0.25) is 14.5 Å². The van der Waals surface area contributed by atoms with E-state index >= 15 is 0 Å². The lowest BCUT2D eigenvalue weighted by Crippen LogP contribution is -2.53. The third-order valence-electron chi connectivity index (χ3n) is 7.76. The van der Waals surface area contributed by atoms with Crippen molar-refractivity contribution < 1.29 is 19.1 Å². The van der Waals surface area contributed by atoms with Crippen molar-refractivity contribution in [2.75, 3.05) is 30.0 Å². The molecule has 0 saturated carbocycles. The zero-order valence-corrected chi connectivity index (χ0v) is 25.6. The maximum Gasteiger partial charge on any atom is 0.327 e. The van der Waals surface area contributed by atoms with Gasteiger partial charge in [0.15, 0.2) is 0 Å². The number of benzene rings is 2. The van der Waals surface area contributed by atoms with Gasteiger partial charge >= 0.3 is 6.03 Å². The Labute approximate surface area is 259 Å². The number of likely N-dealkylation sites (tertiary alicyclic amines) is 1. The van der Waals surface area contributed by atoms with E-state index in [4.69, 9.17) is 4.74 Å². The predicted octanol–water partition coefficient (Wildman–Crippen LogP) is 5.59. The topological polar surface area (TPSA) is 104 Å². The third kappa shape index (κ3) is 6.09. The van der Waals surface area contributed by atoms with Gasteiger partial charge in [-0.1, -0.05) is 36.0 Å². The Bertz CT molecular complexity index is 1570. The number of nitrogens with zero attached hydrogens (tertiary/aromatic N) is 3. The van der Waals surface area contributed by atoms with Crippen LogP contribution in [0.2, 0.25) is 0 Å². The van der Waals surface area contributed by atoms with Gasteiger partial charge in [-0.2, -0.15) is 11.8 Å². The van der Waals surface area contributed by atoms with E-state index in [-0.39, 0.29) is 23.9 Å². The first kappa shape index (κ1) is 29.1. The van der Waals surface area contributed by atoms with Crippen molar-refractivity contribution in [2.24, 2.45) is 0 Å². The van der Waals surface area contributed by atoms with Crippen LogP contribution in [0.5, 0.6) is 11.5 Å². The molecule has 4 heterocycles. The van der Waals surface area contributed by atoms with Crippen LogP contribution in [0.25, 0.3) is 0 Å². The number of hydrogen-bond acceptors (Lipinski definition) is 7. The van der Waals surface area contributed by atoms with Gasteiger partial charge in [0.25, 0.3) is 0 Å². The number of amides is 4. The molecule has 0 radical (unpaired) electrons. The van der Waals surface area contributed by atoms with Crippen molar-refractivity contribution >= 4 is 52.7 Å². The first-order chi connectivity index (χ1) is 20.9. The second kappa shape index (κ2) is 12.7. The fourth-order valence-electron chi connectivity index (χ4n) is 5.76. The summed E-state index contributed by atoms with van der Waals surface area (Å²) in [6.45, 7) is 3.09. The number of rotatable bonds is 8. The molecule has 4 amide bonds. The van der Waals surface area contributed by atoms with Crippen LogP contribution >= 0.6 is 23.5 Å². The summed E-state index contributed by atoms with van der Waals surface area (Å²) in [6.07, 6.45) is 8.78. The lowest BCUT2D eigenvalue weighted by molar-refractivity contribution is -0.129. The number of hydrogen-bond donors (Lipinski definition) is 2. The van der Waals surface area contributed by atoms with E-state index in [9.17, 15) is 14.4 Å². The minimum Gasteiger partial charge on any atom is -0.457 e. The first-order valence-corrected chi connectivity index (χ1v) is 16.5. The summed E-state index contributed by atoms with van der Waals surface area (Å²) < 4.78 is 5.99. The lowest BCUT2D eigenvalue weighted by Gasteiger charge is -2.36. The van der Waals surface area contributed by atoms with Crippen molar-refractivity contribution in [3.8, 4) is 11.5 Å². The van der Waals surface area contributed by atoms with Crippen LogP contribution in [0.3, 0.4) is 0 Å². The zero-order chi connectivity index (χ0) is 29.9. The monoisotopic (exact) mass is 615 g/mol. The number of para-hydroxylation sites is 1. The molecule has 1 aromatic heterocycles. The fraction of sp³-hybridized carbons (Fsp3) is 0.312. The molecule has 3 aliphatic heterocycles. The Morgan fingerprint density at radius 3 is 2.79 bits per heavy atom. The number of urea groups is 1. The third-order valence-corrected chi connectivity index (χ3v) is 9.57. The number of thioether (sulfide) groups is 2. The fourth-order valence-corrected chi connectivity index (χ4v) is 7.28. The van der Waals surface area contributed by atoms with Crippen LogP contribution < -0.4 is 20.3 Å². The highest BCUT2D eigenvalue weighted by atomic mass is 32.2. The summed E-state index contributed by atoms with van der Waals surface area (Å²) in [4.78, 5) is 47.9. The Morgan fingerprint density at radius 2 is 2.00 bits per heavy atom. The number of aryl methyl sites for hydroxylation is 1. The molecule has 2 aromatic carbocycles. The quantitative estimate of drug-likeness (QED) is 0.319. The summed E-state index contributed by atoms with van der Waals surface area (Å²) in [5.41, 5.74) is 3.15. The molecular weight excluding hydrogens is 583 g/mol. The molecule has 6 rings (SSSR count). The van der Waals surface area contributed by atoms with Crippen molar-refractivity contribution in [3.63, 3.8) is 0 Å². The van der Waals surface area contributed by atoms with E-state index in [2.05, 4.69) is 15.6 Å². The van der Waals surface area contributed by atoms with Gasteiger partial charge in [0.1, 0.15) is 21.8 Å². The summed E-state index contributed by atoms with van der Waals surface area (Å²) in [7, 11) is 0. The molecular formula is C32H33N5O4S2. The molecule has 2 N–H and O–H groups in total. The second-order valence-corrected chi connectivity index (χ2v) is 12.7. The highest BCUT2D eigenvalue weighted by Crippen LogP contribution is 2.51. The van der Waals surface area contributed by atoms with Crippen LogP contribution in [0.15, 0.2) is 78.0 Å². The summed E-state index contributed by atoms with van der Waals surface area (Å²) in [5.74, 6) is 2.00. The van der Waals surface area contributed by atoms with Crippen LogP contribution in [0, 0.1) is 6.92 Å². The van der Waals surface area contributed by atoms with Crippen molar-refractivity contribution in [3.05, 3.63) is 84.1 Å². The van der Waals surface area contributed by atoms with E-state index in [1.165, 1.54) is 11.8 Å². The van der Waals surface area contributed by atoms with Gasteiger partial charge in [0, 0.05) is 36.6 Å². The van der Waals surface area contributed by atoms with Gasteiger partial charge in [-0.25, -0.2) is 9.78 Å². The minimum atomic E-state index is -0.565. The number of nitrogens with one attached hydrogen (secondary N) is 2. The molecule has 0 aliphatic carbocycles. The predicted molar refractivity (Wildman–Crippen MR) is 170 cm³/mol. The minimum absolute atomic E-state index is 0.0286. The number of carbonyl (C=O) groups excluding carboxylic acids is 3. The molecule has 3 atom stereocenters. The van der Waals surface area contributed by atoms with E-state index in [0.29, 0.717) is 24.5 Å². The Hall–Kier alpha value is -3.96. The lowest BCUT2D eigenvalue weighted by atomic mass is 9.98. The highest BCUT2D eigenvalue weighted by Gasteiger charge is 2.47. The van der Waals surface area contributed by atoms with Crippen molar-refractivity contribution in [1.29, 1.82) is 0 Å². The maximum atomic E-state index is 13.6. The van der Waals surface area contributed by atoms with Gasteiger partial charge in [-0.15, -0.1) is 0 Å². The molecule has 9 nitrogen and oxygen atoms in total. The second-order valence-electron chi connectivity index (χ2n) is 10.7. The van der Waals surface area contributed by atoms with Crippen LogP contribution in [-0.4, -0.2) is 64.1 Å². The average Bonchev–Trinajstić information content (AvgIpc) is 3.38. The zero-order valence-electron chi connectivity index (χ0n) is 24.0. The molecule has 1 saturated heterocycles. The summed E-state index contributed by atoms with van der Waals surface area (Å²) in [5, 5.41) is 6.41. The molecule has 1 fully saturated rings. The van der Waals surface area contributed by atoms with E-state index in [1.807, 2.05) is 73.9 Å². The van der Waals surface area contributed by atoms with Gasteiger partial charge in [0.05, 0.1) is 17.4 Å². The molecule has 3 aliphatic rings. The van der Waals surface area contributed by atoms with E-state index in [0.717, 1.165) is 46.2 Å². The summed E-state index contributed by atoms with van der Waals surface area (Å²) in [6, 6.07) is 16.0. The summed E-state index contributed by atoms with van der Waals surface area (Å²) >= 11 is 3.03. The van der Waals surface area contributed by atoms with Crippen LogP contribution in [0.4, 0.5) is 16.2 Å². The highest BCUT2D eigenvalue weighted by molar-refractivity contribution is 8.01. The molecule has 3 aromatic rings. The molecule has 0 spiro atoms. The molecule has 43 heavy (non-hydrogen) atoms. The Morgan fingerprint density at radius 1 is 1.16 bits per heavy atom.